The van der Waals surface area contributed by atoms with Gasteiger partial charge in [0.15, 0.2) is 6.61 Å². The molecule has 0 atom stereocenters. The zero-order chi connectivity index (χ0) is 15.1. The number of hydrogen-bond donors (Lipinski definition) is 2. The second-order valence-corrected chi connectivity index (χ2v) is 4.45. The number of carbonyl (C=O) groups excluding carboxylic acids is 1. The lowest BCUT2D eigenvalue weighted by atomic mass is 10.1. The summed E-state index contributed by atoms with van der Waals surface area (Å²) >= 11 is 0. The number of nitrogens with two attached hydrogens (primary N) is 1. The van der Waals surface area contributed by atoms with Gasteiger partial charge in [-0.15, -0.1) is 0 Å². The van der Waals surface area contributed by atoms with Gasteiger partial charge in [-0.3, -0.25) is 4.79 Å². The quantitative estimate of drug-likeness (QED) is 0.848. The van der Waals surface area contributed by atoms with E-state index in [-0.39, 0.29) is 6.61 Å². The minimum atomic E-state index is -0.505. The number of benzene rings is 2. The maximum Gasteiger partial charge on any atom is 0.255 e. The predicted molar refractivity (Wildman–Crippen MR) is 79.6 cm³/mol. The fourth-order valence-corrected chi connectivity index (χ4v) is 1.78. The van der Waals surface area contributed by atoms with Crippen molar-refractivity contribution in [2.75, 3.05) is 11.9 Å². The van der Waals surface area contributed by atoms with Crippen LogP contribution in [0.15, 0.2) is 48.5 Å². The van der Waals surface area contributed by atoms with E-state index < -0.39 is 5.91 Å². The van der Waals surface area contributed by atoms with E-state index in [4.69, 9.17) is 15.7 Å². The Kier molecular flexibility index (Phi) is 4.78. The first-order chi connectivity index (χ1) is 10.2. The lowest BCUT2D eigenvalue weighted by molar-refractivity contribution is -0.119. The Bertz CT molecular complexity index is 660. The molecular weight excluding hydrogens is 266 g/mol. The van der Waals surface area contributed by atoms with Crippen molar-refractivity contribution in [2.45, 2.75) is 6.54 Å². The predicted octanol–water partition coefficient (Wildman–Crippen LogP) is 2.03. The van der Waals surface area contributed by atoms with Gasteiger partial charge in [0.2, 0.25) is 0 Å². The van der Waals surface area contributed by atoms with Crippen molar-refractivity contribution >= 4 is 11.6 Å². The van der Waals surface area contributed by atoms with Crippen LogP contribution in [0.5, 0.6) is 5.75 Å². The average Bonchev–Trinajstić information content (AvgIpc) is 2.52. The summed E-state index contributed by atoms with van der Waals surface area (Å²) in [6.07, 6.45) is 0. The van der Waals surface area contributed by atoms with E-state index >= 15 is 0 Å². The number of anilines is 1. The number of nitrogens with one attached hydrogen (secondary N) is 1. The number of hydrogen-bond acceptors (Lipinski definition) is 4. The van der Waals surface area contributed by atoms with Gasteiger partial charge in [-0.2, -0.15) is 5.26 Å². The minimum Gasteiger partial charge on any atom is -0.484 e. The Balaban J connectivity index is 1.91. The standard InChI is InChI=1S/C16H15N3O2/c17-9-12-2-1-3-13(8-12)10-19-14-4-6-15(7-5-14)21-11-16(18)20/h1-8,19H,10-11H2,(H2,18,20). The highest BCUT2D eigenvalue weighted by Gasteiger charge is 1.99. The van der Waals surface area contributed by atoms with Gasteiger partial charge >= 0.3 is 0 Å². The molecule has 0 heterocycles. The summed E-state index contributed by atoms with van der Waals surface area (Å²) in [7, 11) is 0. The van der Waals surface area contributed by atoms with Gasteiger partial charge in [0.1, 0.15) is 5.75 Å². The molecule has 0 saturated carbocycles. The molecular formula is C16H15N3O2. The normalized spacial score (nSPS) is 9.67. The fourth-order valence-electron chi connectivity index (χ4n) is 1.78. The molecule has 0 aliphatic carbocycles. The fraction of sp³-hybridized carbons (Fsp3) is 0.125. The topological polar surface area (TPSA) is 88.1 Å². The molecule has 0 radical (unpaired) electrons. The molecule has 0 aromatic heterocycles. The summed E-state index contributed by atoms with van der Waals surface area (Å²) in [5, 5.41) is 12.1. The van der Waals surface area contributed by atoms with Crippen molar-refractivity contribution in [2.24, 2.45) is 5.73 Å². The van der Waals surface area contributed by atoms with Crippen molar-refractivity contribution in [3.63, 3.8) is 0 Å². The van der Waals surface area contributed by atoms with E-state index in [1.165, 1.54) is 0 Å². The van der Waals surface area contributed by atoms with Crippen molar-refractivity contribution in [1.82, 2.24) is 0 Å². The molecule has 0 aliphatic rings. The number of nitrogens with zero attached hydrogens (tertiary/aromatic N) is 1. The monoisotopic (exact) mass is 281 g/mol. The van der Waals surface area contributed by atoms with E-state index in [9.17, 15) is 4.79 Å². The maximum atomic E-state index is 10.6. The Hall–Kier alpha value is -3.00. The largest absolute Gasteiger partial charge is 0.484 e. The smallest absolute Gasteiger partial charge is 0.255 e. The van der Waals surface area contributed by atoms with Crippen molar-refractivity contribution in [1.29, 1.82) is 5.26 Å². The lowest BCUT2D eigenvalue weighted by Crippen LogP contribution is -2.19. The van der Waals surface area contributed by atoms with Crippen LogP contribution in [0, 0.1) is 11.3 Å². The zero-order valence-electron chi connectivity index (χ0n) is 11.4. The van der Waals surface area contributed by atoms with E-state index in [0.29, 0.717) is 17.9 Å². The third kappa shape index (κ3) is 4.55. The number of primary amides is 1. The van der Waals surface area contributed by atoms with E-state index in [2.05, 4.69) is 11.4 Å². The van der Waals surface area contributed by atoms with Crippen molar-refractivity contribution in [3.8, 4) is 11.8 Å². The summed E-state index contributed by atoms with van der Waals surface area (Å²) in [4.78, 5) is 10.6. The summed E-state index contributed by atoms with van der Waals surface area (Å²) < 4.78 is 5.18. The number of ether oxygens (including phenoxy) is 1. The van der Waals surface area contributed by atoms with Crippen LogP contribution in [0.1, 0.15) is 11.1 Å². The molecule has 0 unspecified atom stereocenters. The molecule has 0 aliphatic heterocycles. The third-order valence-corrected chi connectivity index (χ3v) is 2.79. The molecule has 106 valence electrons. The van der Waals surface area contributed by atoms with Gasteiger partial charge in [-0.1, -0.05) is 12.1 Å². The lowest BCUT2D eigenvalue weighted by Gasteiger charge is -2.08. The third-order valence-electron chi connectivity index (χ3n) is 2.79. The second kappa shape index (κ2) is 6.96. The zero-order valence-corrected chi connectivity index (χ0v) is 11.4. The first-order valence-corrected chi connectivity index (χ1v) is 6.41. The Morgan fingerprint density at radius 3 is 2.67 bits per heavy atom. The molecule has 5 heteroatoms. The SMILES string of the molecule is N#Cc1cccc(CNc2ccc(OCC(N)=O)cc2)c1. The summed E-state index contributed by atoms with van der Waals surface area (Å²) in [6, 6.07) is 16.8. The van der Waals surface area contributed by atoms with Crippen molar-refractivity contribution < 1.29 is 9.53 Å². The van der Waals surface area contributed by atoms with Gasteiger partial charge in [-0.05, 0) is 42.0 Å². The first-order valence-electron chi connectivity index (χ1n) is 6.41. The highest BCUT2D eigenvalue weighted by Crippen LogP contribution is 2.16. The summed E-state index contributed by atoms with van der Waals surface area (Å²) in [5.74, 6) is 0.0837. The van der Waals surface area contributed by atoms with Crippen LogP contribution in [0.2, 0.25) is 0 Å². The van der Waals surface area contributed by atoms with Gasteiger partial charge < -0.3 is 15.8 Å². The summed E-state index contributed by atoms with van der Waals surface area (Å²) in [5.41, 5.74) is 7.60. The second-order valence-electron chi connectivity index (χ2n) is 4.45. The van der Waals surface area contributed by atoms with Crippen LogP contribution in [0.4, 0.5) is 5.69 Å². The Labute approximate surface area is 123 Å². The molecule has 3 N–H and O–H groups in total. The molecule has 1 amide bonds. The number of rotatable bonds is 6. The molecule has 2 aromatic rings. The molecule has 0 saturated heterocycles. The molecule has 0 spiro atoms. The summed E-state index contributed by atoms with van der Waals surface area (Å²) in [6.45, 7) is 0.491. The van der Waals surface area contributed by atoms with E-state index in [1.54, 1.807) is 18.2 Å². The molecule has 2 rings (SSSR count). The highest BCUT2D eigenvalue weighted by atomic mass is 16.5. The molecule has 21 heavy (non-hydrogen) atoms. The minimum absolute atomic E-state index is 0.131. The maximum absolute atomic E-state index is 10.6. The van der Waals surface area contributed by atoms with Gasteiger partial charge in [0, 0.05) is 12.2 Å². The van der Waals surface area contributed by atoms with Gasteiger partial charge in [0.05, 0.1) is 11.6 Å². The number of amides is 1. The number of nitriles is 1. The first kappa shape index (κ1) is 14.4. The molecule has 0 fully saturated rings. The number of carbonyl (C=O) groups is 1. The molecule has 0 bridgehead atoms. The average molecular weight is 281 g/mol. The Morgan fingerprint density at radius 2 is 2.00 bits per heavy atom. The van der Waals surface area contributed by atoms with E-state index in [1.807, 2.05) is 30.3 Å². The molecule has 2 aromatic carbocycles. The van der Waals surface area contributed by atoms with Crippen LogP contribution in [-0.4, -0.2) is 12.5 Å². The van der Waals surface area contributed by atoms with Crippen LogP contribution >= 0.6 is 0 Å². The van der Waals surface area contributed by atoms with Crippen LogP contribution < -0.4 is 15.8 Å². The van der Waals surface area contributed by atoms with Crippen LogP contribution in [-0.2, 0) is 11.3 Å². The highest BCUT2D eigenvalue weighted by molar-refractivity contribution is 5.75. The van der Waals surface area contributed by atoms with Crippen LogP contribution in [0.25, 0.3) is 0 Å². The van der Waals surface area contributed by atoms with Crippen LogP contribution in [0.3, 0.4) is 0 Å². The Morgan fingerprint density at radius 1 is 1.24 bits per heavy atom. The molecule has 5 nitrogen and oxygen atoms in total. The van der Waals surface area contributed by atoms with Crippen molar-refractivity contribution in [3.05, 3.63) is 59.7 Å². The van der Waals surface area contributed by atoms with E-state index in [0.717, 1.165) is 11.3 Å². The van der Waals surface area contributed by atoms with Gasteiger partial charge in [-0.25, -0.2) is 0 Å². The van der Waals surface area contributed by atoms with Gasteiger partial charge in [0.25, 0.3) is 5.91 Å².